The van der Waals surface area contributed by atoms with Crippen LogP contribution in [0, 0.1) is 30.6 Å². The molecule has 4 aromatic rings. The van der Waals surface area contributed by atoms with E-state index in [9.17, 15) is 34.5 Å². The first-order valence-electron chi connectivity index (χ1n) is 20.5. The van der Waals surface area contributed by atoms with Crippen LogP contribution in [-0.2, 0) is 23.8 Å². The number of phenolic OH excluding ortho intramolecular Hbond substituents is 1. The van der Waals surface area contributed by atoms with Crippen molar-refractivity contribution in [1.29, 1.82) is 0 Å². The van der Waals surface area contributed by atoms with Gasteiger partial charge in [0.05, 0.1) is 35.5 Å². The summed E-state index contributed by atoms with van der Waals surface area (Å²) >= 11 is 0. The fourth-order valence-corrected chi connectivity index (χ4v) is 8.07. The minimum Gasteiger partial charge on any atom is -0.505 e. The second-order valence-corrected chi connectivity index (χ2v) is 16.4. The van der Waals surface area contributed by atoms with E-state index in [0.29, 0.717) is 18.9 Å². The second-order valence-electron chi connectivity index (χ2n) is 16.4. The van der Waals surface area contributed by atoms with Gasteiger partial charge in [0, 0.05) is 60.8 Å². The molecule has 0 aliphatic carbocycles. The molecule has 0 radical (unpaired) electrons. The van der Waals surface area contributed by atoms with Crippen LogP contribution in [0.1, 0.15) is 57.5 Å². The highest BCUT2D eigenvalue weighted by molar-refractivity contribution is 6.26. The lowest BCUT2D eigenvalue weighted by Gasteiger charge is -2.38. The van der Waals surface area contributed by atoms with Gasteiger partial charge in [-0.1, -0.05) is 52.0 Å². The van der Waals surface area contributed by atoms with Crippen molar-refractivity contribution in [2.24, 2.45) is 23.7 Å². The monoisotopic (exact) mass is 857 g/mol. The fraction of sp³-hybridized carbons (Fsp3) is 0.457. The molecule has 1 aromatic heterocycles. The second kappa shape index (κ2) is 18.7. The molecule has 3 aromatic carbocycles. The molecule has 6 rings (SSSR count). The average molecular weight is 858 g/mol. The van der Waals surface area contributed by atoms with E-state index in [0.717, 1.165) is 0 Å². The van der Waals surface area contributed by atoms with Crippen LogP contribution >= 0.6 is 0 Å². The molecule has 4 N–H and O–H groups in total. The first-order valence-corrected chi connectivity index (χ1v) is 20.5. The van der Waals surface area contributed by atoms with Gasteiger partial charge >= 0.3 is 12.3 Å². The van der Waals surface area contributed by atoms with Crippen LogP contribution in [0.2, 0.25) is 0 Å². The number of fused-ring (bicyclic) bond motifs is 2. The number of amides is 1. The fourth-order valence-electron chi connectivity index (χ4n) is 8.07. The third-order valence-electron chi connectivity index (χ3n) is 11.8. The number of aromatic hydroxyl groups is 1. The molecule has 0 unspecified atom stereocenters. The van der Waals surface area contributed by atoms with Gasteiger partial charge in [-0.05, 0) is 46.2 Å². The number of hydrogen-bond donors (Lipinski definition) is 4. The number of aliphatic hydroxyl groups excluding tert-OH is 2. The number of ketones is 1. The number of benzene rings is 3. The molecule has 0 saturated carbocycles. The summed E-state index contributed by atoms with van der Waals surface area (Å²) in [7, 11) is 5.24. The summed E-state index contributed by atoms with van der Waals surface area (Å²) in [6.45, 7) is 12.0. The van der Waals surface area contributed by atoms with E-state index in [1.165, 1.54) is 46.3 Å². The third-order valence-corrected chi connectivity index (χ3v) is 11.8. The molecular weight excluding hydrogens is 803 g/mol. The average Bonchev–Trinajstić information content (AvgIpc) is 3.56. The normalized spacial score (nSPS) is 28.1. The maximum Gasteiger partial charge on any atom is 0.304 e. The number of methoxy groups -OCH3 is 1. The van der Waals surface area contributed by atoms with E-state index < -0.39 is 83.2 Å². The van der Waals surface area contributed by atoms with Crippen molar-refractivity contribution < 1.29 is 57.8 Å². The predicted molar refractivity (Wildman–Crippen MR) is 231 cm³/mol. The van der Waals surface area contributed by atoms with Crippen LogP contribution in [0.4, 0.5) is 5.69 Å². The number of Topliss-reactive ketones (excluding diaryl/α,β-unsaturated/α-hetero) is 1. The highest BCUT2D eigenvalue weighted by atomic mass is 16.7. The molecule has 1 amide bonds. The van der Waals surface area contributed by atoms with Gasteiger partial charge in [-0.2, -0.15) is 0 Å². The van der Waals surface area contributed by atoms with Crippen molar-refractivity contribution in [3.63, 3.8) is 0 Å². The van der Waals surface area contributed by atoms with E-state index >= 15 is 0 Å². The lowest BCUT2D eigenvalue weighted by atomic mass is 9.78. The molecule has 3 heterocycles. The first-order chi connectivity index (χ1) is 29.4. The molecule has 332 valence electrons. The Balaban J connectivity index is 1.58. The highest BCUT2D eigenvalue weighted by Crippen LogP contribution is 2.47. The van der Waals surface area contributed by atoms with Gasteiger partial charge < -0.3 is 53.6 Å². The topological polar surface area (TPSA) is 216 Å². The summed E-state index contributed by atoms with van der Waals surface area (Å²) < 4.78 is 35.9. The quantitative estimate of drug-likeness (QED) is 0.0810. The molecule has 0 spiro atoms. The molecule has 4 bridgehead atoms. The van der Waals surface area contributed by atoms with Crippen molar-refractivity contribution in [1.82, 2.24) is 9.88 Å². The SMILES string of the molecule is CO[C@H]1/C=C/O[C@H]2Oc3c(C)c(=O)c4c(O)c(c5oc6cccc(OCCN(C)C)c6nc5c4c3C2=O)NC(=O)/C(C)=C\C=C\[C@H](C)[C@H](O)[C@@H](C)[C@@H](O)[C@@H](C)[C@H](OC(C)=O)[C@@H]1C. The number of phenols is 1. The zero-order chi connectivity index (χ0) is 45.3. The Hall–Kier alpha value is -5.81. The first kappa shape index (κ1) is 45.7. The van der Waals surface area contributed by atoms with Crippen molar-refractivity contribution >= 4 is 56.3 Å². The van der Waals surface area contributed by atoms with Crippen LogP contribution in [0.5, 0.6) is 17.2 Å². The number of nitrogens with zero attached hydrogens (tertiary/aromatic N) is 2. The number of esters is 1. The van der Waals surface area contributed by atoms with Crippen molar-refractivity contribution in [3.8, 4) is 17.2 Å². The van der Waals surface area contributed by atoms with Crippen LogP contribution < -0.4 is 20.2 Å². The largest absolute Gasteiger partial charge is 0.505 e. The predicted octanol–water partition coefficient (Wildman–Crippen LogP) is 5.55. The molecular formula is C46H55N3O13. The number of para-hydroxylation sites is 1. The van der Waals surface area contributed by atoms with E-state index in [4.69, 9.17) is 33.1 Å². The molecule has 16 nitrogen and oxygen atoms in total. The van der Waals surface area contributed by atoms with Gasteiger partial charge in [0.15, 0.2) is 22.3 Å². The van der Waals surface area contributed by atoms with Gasteiger partial charge in [-0.25, -0.2) is 4.98 Å². The van der Waals surface area contributed by atoms with Gasteiger partial charge in [-0.3, -0.25) is 19.2 Å². The minimum atomic E-state index is -1.60. The zero-order valence-electron chi connectivity index (χ0n) is 36.5. The molecule has 16 heteroatoms. The van der Waals surface area contributed by atoms with Crippen LogP contribution in [0.3, 0.4) is 0 Å². The molecule has 0 fully saturated rings. The summed E-state index contributed by atoms with van der Waals surface area (Å²) in [4.78, 5) is 61.8. The third kappa shape index (κ3) is 8.77. The Kier molecular flexibility index (Phi) is 13.8. The number of nitrogens with one attached hydrogen (secondary N) is 1. The summed E-state index contributed by atoms with van der Waals surface area (Å²) in [5.41, 5.74) is -0.604. The van der Waals surface area contributed by atoms with Gasteiger partial charge in [0.1, 0.15) is 40.9 Å². The summed E-state index contributed by atoms with van der Waals surface area (Å²) in [5, 5.41) is 37.2. The number of rotatable bonds is 6. The van der Waals surface area contributed by atoms with Crippen molar-refractivity contribution in [3.05, 3.63) is 75.7 Å². The Labute approximate surface area is 358 Å². The zero-order valence-corrected chi connectivity index (χ0v) is 36.5. The maximum atomic E-state index is 14.4. The van der Waals surface area contributed by atoms with Crippen LogP contribution in [0.25, 0.3) is 33.0 Å². The highest BCUT2D eigenvalue weighted by Gasteiger charge is 2.42. The van der Waals surface area contributed by atoms with Gasteiger partial charge in [0.25, 0.3) is 5.91 Å². The van der Waals surface area contributed by atoms with E-state index in [-0.39, 0.29) is 61.1 Å². The number of carbonyl (C=O) groups excluding carboxylic acids is 3. The summed E-state index contributed by atoms with van der Waals surface area (Å²) in [6, 6.07) is 5.02. The maximum absolute atomic E-state index is 14.4. The number of hydrogen-bond acceptors (Lipinski definition) is 15. The molecule has 9 atom stereocenters. The smallest absolute Gasteiger partial charge is 0.304 e. The molecule has 2 aliphatic rings. The number of aliphatic hydroxyl groups is 2. The number of anilines is 1. The molecule has 0 saturated heterocycles. The summed E-state index contributed by atoms with van der Waals surface area (Å²) in [6.07, 6.45) is 2.01. The van der Waals surface area contributed by atoms with E-state index in [1.807, 2.05) is 19.0 Å². The Morgan fingerprint density at radius 2 is 1.69 bits per heavy atom. The summed E-state index contributed by atoms with van der Waals surface area (Å²) in [5.74, 6) is -4.84. The van der Waals surface area contributed by atoms with Gasteiger partial charge in [-0.15, -0.1) is 0 Å². The van der Waals surface area contributed by atoms with Crippen LogP contribution in [-0.4, -0.2) is 108 Å². The number of aromatic nitrogens is 1. The lowest BCUT2D eigenvalue weighted by molar-refractivity contribution is -0.160. The Bertz CT molecular complexity index is 2540. The van der Waals surface area contributed by atoms with E-state index in [2.05, 4.69) is 5.32 Å². The van der Waals surface area contributed by atoms with E-state index in [1.54, 1.807) is 58.0 Å². The lowest BCUT2D eigenvalue weighted by Crippen LogP contribution is -2.46. The van der Waals surface area contributed by atoms with Crippen molar-refractivity contribution in [2.45, 2.75) is 79.2 Å². The van der Waals surface area contributed by atoms with Crippen LogP contribution in [0.15, 0.2) is 63.6 Å². The molecule has 62 heavy (non-hydrogen) atoms. The number of carbonyl (C=O) groups is 3. The minimum absolute atomic E-state index is 0.00859. The van der Waals surface area contributed by atoms with Gasteiger partial charge in [0.2, 0.25) is 5.78 Å². The number of ether oxygens (including phenoxy) is 5. The standard InChI is InChI=1S/C46H55N3O13/c1-21-13-11-14-22(2)45(56)48-36-40(54)32-31(35-44(36)61-30-16-12-15-29(34(30)47-35)58-20-18-49(8)9)33-41(55)46(62-43(33)26(6)39(32)53)59-19-17-28(57-10)23(3)42(60-27(7)50)25(5)38(52)24(4)37(21)51/h11-17,19,21,23-25,28,37-38,42,46,51-52,54H,18,20H2,1-10H3,(H,48,56)/b13-11+,19-17+,22-14-/t21-,23+,24+,25+,28-,37-,38+,42+,46-/m0/s1. The molecule has 2 aliphatic heterocycles. The Morgan fingerprint density at radius 1 is 0.968 bits per heavy atom. The van der Waals surface area contributed by atoms with Crippen molar-refractivity contribution in [2.75, 3.05) is 39.7 Å². The Morgan fingerprint density at radius 3 is 2.37 bits per heavy atom. The number of likely N-dealkylation sites (N-methyl/N-ethyl adjacent to an activating group) is 1. The number of allylic oxidation sites excluding steroid dienone is 2.